The molecule has 0 fully saturated rings. The van der Waals surface area contributed by atoms with E-state index < -0.39 is 0 Å². The first kappa shape index (κ1) is 24.2. The smallest absolute Gasteiger partial charge is 0.0181 e. The Balaban J connectivity index is 0. The molecule has 0 aliphatic carbocycles. The van der Waals surface area contributed by atoms with E-state index >= 15 is 0 Å². The summed E-state index contributed by atoms with van der Waals surface area (Å²) in [5, 5.41) is 2.64. The van der Waals surface area contributed by atoms with Gasteiger partial charge in [0.1, 0.15) is 0 Å². The minimum atomic E-state index is 1.32. The van der Waals surface area contributed by atoms with E-state index in [1.807, 2.05) is 59.7 Å². The molecule has 3 aromatic carbocycles. The lowest BCUT2D eigenvalue weighted by atomic mass is 10.1. The molecule has 0 saturated heterocycles. The lowest BCUT2D eigenvalue weighted by molar-refractivity contribution is 1.48. The summed E-state index contributed by atoms with van der Waals surface area (Å²) in [4.78, 5) is 0. The lowest BCUT2D eigenvalue weighted by Gasteiger charge is -1.96. The number of benzene rings is 3. The molecule has 3 rings (SSSR count). The van der Waals surface area contributed by atoms with Crippen LogP contribution in [0.2, 0.25) is 0 Å². The van der Waals surface area contributed by atoms with Gasteiger partial charge in [-0.25, -0.2) is 0 Å². The van der Waals surface area contributed by atoms with Crippen molar-refractivity contribution < 1.29 is 0 Å². The summed E-state index contributed by atoms with van der Waals surface area (Å²) in [6.45, 7) is 16.2. The van der Waals surface area contributed by atoms with Gasteiger partial charge in [-0.05, 0) is 24.6 Å². The fraction of sp³-hybridized carbons (Fsp3) is 0.333. The summed E-state index contributed by atoms with van der Waals surface area (Å²) < 4.78 is 0. The summed E-state index contributed by atoms with van der Waals surface area (Å²) in [5.74, 6) is 0. The van der Waals surface area contributed by atoms with E-state index in [1.165, 1.54) is 21.9 Å². The second-order valence-corrected chi connectivity index (χ2v) is 4.51. The molecule has 0 unspecified atom stereocenters. The first-order valence-electron chi connectivity index (χ1n) is 9.23. The highest BCUT2D eigenvalue weighted by Crippen LogP contribution is 2.14. The lowest BCUT2D eigenvalue weighted by Crippen LogP contribution is -1.73. The van der Waals surface area contributed by atoms with Crippen molar-refractivity contribution >= 4 is 10.8 Å². The summed E-state index contributed by atoms with van der Waals surface area (Å²) in [6, 6.07) is 25.2. The van der Waals surface area contributed by atoms with E-state index in [0.29, 0.717) is 0 Å². The van der Waals surface area contributed by atoms with E-state index in [2.05, 4.69) is 68.4 Å². The molecule has 3 aromatic rings. The Bertz CT molecular complexity index is 609. The van der Waals surface area contributed by atoms with E-state index in [9.17, 15) is 0 Å². The van der Waals surface area contributed by atoms with Crippen LogP contribution in [0.1, 0.15) is 52.7 Å². The van der Waals surface area contributed by atoms with Gasteiger partial charge >= 0.3 is 0 Å². The van der Waals surface area contributed by atoms with Gasteiger partial charge in [0.2, 0.25) is 0 Å². The van der Waals surface area contributed by atoms with E-state index in [1.54, 1.807) is 0 Å². The molecule has 0 nitrogen and oxygen atoms in total. The number of aryl methyl sites for hydroxylation is 2. The predicted molar refractivity (Wildman–Crippen MR) is 114 cm³/mol. The molecule has 0 bridgehead atoms. The van der Waals surface area contributed by atoms with Crippen molar-refractivity contribution in [2.24, 2.45) is 0 Å². The third kappa shape index (κ3) is 10.6. The van der Waals surface area contributed by atoms with Gasteiger partial charge in [-0.2, -0.15) is 0 Å². The molecule has 0 aliphatic rings. The van der Waals surface area contributed by atoms with Crippen molar-refractivity contribution in [1.29, 1.82) is 0 Å². The van der Waals surface area contributed by atoms with Crippen LogP contribution in [0.5, 0.6) is 0 Å². The largest absolute Gasteiger partial charge is 0.0683 e. The highest BCUT2D eigenvalue weighted by molar-refractivity contribution is 5.82. The monoisotopic (exact) mass is 324 g/mol. The minimum absolute atomic E-state index is 1.32. The molecule has 0 amide bonds. The van der Waals surface area contributed by atoms with Crippen LogP contribution in [0.4, 0.5) is 0 Å². The summed E-state index contributed by atoms with van der Waals surface area (Å²) in [6.07, 6.45) is 0. The zero-order valence-corrected chi connectivity index (χ0v) is 16.9. The molecule has 0 N–H and O–H groups in total. The number of fused-ring (bicyclic) bond motifs is 1. The Morgan fingerprint density at radius 3 is 1.33 bits per heavy atom. The van der Waals surface area contributed by atoms with Crippen molar-refractivity contribution in [1.82, 2.24) is 0 Å². The van der Waals surface area contributed by atoms with Gasteiger partial charge in [0.25, 0.3) is 0 Å². The Morgan fingerprint density at radius 2 is 0.875 bits per heavy atom. The first-order chi connectivity index (χ1) is 11.8. The van der Waals surface area contributed by atoms with Crippen LogP contribution in [0, 0.1) is 13.8 Å². The summed E-state index contributed by atoms with van der Waals surface area (Å²) in [5.41, 5.74) is 2.64. The Kier molecular flexibility index (Phi) is 17.4. The Hall–Kier alpha value is -2.08. The normalized spacial score (nSPS) is 8.00. The maximum Gasteiger partial charge on any atom is -0.0181 e. The fourth-order valence-corrected chi connectivity index (χ4v) is 1.84. The van der Waals surface area contributed by atoms with E-state index in [4.69, 9.17) is 0 Å². The first-order valence-corrected chi connectivity index (χ1v) is 9.23. The van der Waals surface area contributed by atoms with Crippen LogP contribution < -0.4 is 0 Å². The van der Waals surface area contributed by atoms with Crippen LogP contribution in [-0.4, -0.2) is 0 Å². The molecule has 0 heteroatoms. The zero-order chi connectivity index (χ0) is 18.8. The molecular formula is C24H36. The molecule has 0 radical (unpaired) electrons. The van der Waals surface area contributed by atoms with Gasteiger partial charge < -0.3 is 0 Å². The molecule has 0 aromatic heterocycles. The molecule has 0 atom stereocenters. The van der Waals surface area contributed by atoms with Gasteiger partial charge in [-0.3, -0.25) is 0 Å². The molecule has 132 valence electrons. The Labute approximate surface area is 150 Å². The average molecular weight is 325 g/mol. The van der Waals surface area contributed by atoms with Gasteiger partial charge in [0.05, 0.1) is 0 Å². The quantitative estimate of drug-likeness (QED) is 0.390. The third-order valence-electron chi connectivity index (χ3n) is 2.85. The van der Waals surface area contributed by atoms with Crippen LogP contribution >= 0.6 is 0 Å². The van der Waals surface area contributed by atoms with Crippen molar-refractivity contribution in [3.63, 3.8) is 0 Å². The third-order valence-corrected chi connectivity index (χ3v) is 2.85. The molecular weight excluding hydrogens is 288 g/mol. The second kappa shape index (κ2) is 17.3. The minimum Gasteiger partial charge on any atom is -0.0683 e. The van der Waals surface area contributed by atoms with Crippen LogP contribution in [0.25, 0.3) is 10.8 Å². The maximum absolute atomic E-state index is 2.20. The summed E-state index contributed by atoms with van der Waals surface area (Å²) >= 11 is 0. The number of rotatable bonds is 0. The Morgan fingerprint density at radius 1 is 0.417 bits per heavy atom. The van der Waals surface area contributed by atoms with Crippen LogP contribution in [0.15, 0.2) is 72.8 Å². The molecule has 24 heavy (non-hydrogen) atoms. The van der Waals surface area contributed by atoms with Crippen molar-refractivity contribution in [3.8, 4) is 0 Å². The summed E-state index contributed by atoms with van der Waals surface area (Å²) in [7, 11) is 0. The predicted octanol–water partition coefficient (Wildman–Crippen LogP) is 8.22. The van der Waals surface area contributed by atoms with E-state index in [0.717, 1.165) is 0 Å². The molecule has 0 saturated carbocycles. The van der Waals surface area contributed by atoms with Gasteiger partial charge in [-0.15, -0.1) is 0 Å². The number of hydrogen-bond donors (Lipinski definition) is 0. The van der Waals surface area contributed by atoms with Crippen molar-refractivity contribution in [3.05, 3.63) is 83.9 Å². The fourth-order valence-electron chi connectivity index (χ4n) is 1.84. The zero-order valence-electron chi connectivity index (χ0n) is 16.9. The number of hydrogen-bond acceptors (Lipinski definition) is 0. The van der Waals surface area contributed by atoms with Gasteiger partial charge in [-0.1, -0.05) is 125 Å². The highest BCUT2D eigenvalue weighted by atomic mass is 13.9. The van der Waals surface area contributed by atoms with Crippen LogP contribution in [0.3, 0.4) is 0 Å². The SMILES string of the molecule is CC.CC.CC.Cc1ccc2ccccc2c1.Cc1ccccc1. The standard InChI is InChI=1S/C11H10.C7H8.3C2H6/c1-9-6-7-10-4-2-3-5-11(10)8-9;1-7-5-3-2-4-6-7;3*1-2/h2-8H,1H3;2-6H,1H3;3*1-2H3. The van der Waals surface area contributed by atoms with Gasteiger partial charge in [0.15, 0.2) is 0 Å². The van der Waals surface area contributed by atoms with E-state index in [-0.39, 0.29) is 0 Å². The molecule has 0 spiro atoms. The van der Waals surface area contributed by atoms with Crippen molar-refractivity contribution in [2.45, 2.75) is 55.4 Å². The topological polar surface area (TPSA) is 0 Å². The maximum atomic E-state index is 2.20. The molecule has 0 aliphatic heterocycles. The molecule has 0 heterocycles. The van der Waals surface area contributed by atoms with Crippen LogP contribution in [-0.2, 0) is 0 Å². The average Bonchev–Trinajstić information content (AvgIpc) is 2.68. The highest BCUT2D eigenvalue weighted by Gasteiger charge is 1.89. The van der Waals surface area contributed by atoms with Gasteiger partial charge in [0, 0.05) is 0 Å². The van der Waals surface area contributed by atoms with Crippen molar-refractivity contribution in [2.75, 3.05) is 0 Å². The second-order valence-electron chi connectivity index (χ2n) is 4.51.